The maximum Gasteiger partial charge on any atom is 0.125 e. The molecule has 0 aliphatic rings. The Labute approximate surface area is 175 Å². The van der Waals surface area contributed by atoms with E-state index in [4.69, 9.17) is 27.9 Å². The number of hydrogen-bond donors (Lipinski definition) is 0. The fraction of sp³-hybridized carbons (Fsp3) is 0.125. The molecule has 140 valence electrons. The molecule has 0 radical (unpaired) electrons. The fourth-order valence-corrected chi connectivity index (χ4v) is 3.26. The Bertz CT molecular complexity index is 1020. The number of nitriles is 1. The van der Waals surface area contributed by atoms with Gasteiger partial charge in [0.05, 0.1) is 11.6 Å². The molecule has 0 amide bonds. The van der Waals surface area contributed by atoms with E-state index < -0.39 is 0 Å². The molecule has 0 aliphatic carbocycles. The molecule has 0 unspecified atom stereocenters. The molecule has 0 fully saturated rings. The van der Waals surface area contributed by atoms with Gasteiger partial charge in [0.2, 0.25) is 0 Å². The van der Waals surface area contributed by atoms with E-state index in [-0.39, 0.29) is 0 Å². The number of nitrogens with zero attached hydrogens (tertiary/aromatic N) is 1. The van der Waals surface area contributed by atoms with Gasteiger partial charge >= 0.3 is 0 Å². The van der Waals surface area contributed by atoms with Crippen LogP contribution in [0, 0.1) is 25.2 Å². The van der Waals surface area contributed by atoms with Crippen LogP contribution in [-0.4, -0.2) is 0 Å². The molecular weight excluding hydrogens is 389 g/mol. The highest BCUT2D eigenvalue weighted by molar-refractivity contribution is 6.30. The van der Waals surface area contributed by atoms with Gasteiger partial charge in [-0.15, -0.1) is 0 Å². The molecule has 0 aromatic heterocycles. The maximum atomic E-state index is 9.55. The molecule has 28 heavy (non-hydrogen) atoms. The van der Waals surface area contributed by atoms with Crippen LogP contribution in [0.4, 0.5) is 0 Å². The first kappa shape index (κ1) is 20.0. The Kier molecular flexibility index (Phi) is 6.41. The van der Waals surface area contributed by atoms with Gasteiger partial charge in [-0.05, 0) is 84.1 Å². The lowest BCUT2D eigenvalue weighted by Crippen LogP contribution is -1.99. The largest absolute Gasteiger partial charge is 0.488 e. The molecule has 0 aliphatic heterocycles. The van der Waals surface area contributed by atoms with Crippen LogP contribution >= 0.6 is 23.2 Å². The van der Waals surface area contributed by atoms with Crippen molar-refractivity contribution in [3.8, 4) is 11.8 Å². The van der Waals surface area contributed by atoms with Crippen LogP contribution in [0.15, 0.2) is 60.7 Å². The van der Waals surface area contributed by atoms with Gasteiger partial charge in [-0.25, -0.2) is 0 Å². The molecule has 0 saturated heterocycles. The molecule has 4 heteroatoms. The summed E-state index contributed by atoms with van der Waals surface area (Å²) in [6, 6.07) is 21.2. The Balaban J connectivity index is 1.83. The van der Waals surface area contributed by atoms with E-state index in [1.807, 2.05) is 68.5 Å². The van der Waals surface area contributed by atoms with Gasteiger partial charge in [0.15, 0.2) is 0 Å². The average molecular weight is 408 g/mol. The van der Waals surface area contributed by atoms with Crippen molar-refractivity contribution in [1.82, 2.24) is 0 Å². The normalized spacial score (nSPS) is 11.2. The van der Waals surface area contributed by atoms with E-state index in [0.717, 1.165) is 33.6 Å². The van der Waals surface area contributed by atoms with Crippen molar-refractivity contribution >= 4 is 34.9 Å². The highest BCUT2D eigenvalue weighted by atomic mass is 35.5. The van der Waals surface area contributed by atoms with Crippen molar-refractivity contribution in [2.24, 2.45) is 0 Å². The second-order valence-corrected chi connectivity index (χ2v) is 7.45. The SMILES string of the molecule is Cc1cc(/C=C(\C#N)c2ccc(Cl)cc2)cc(C)c1OCc1ccc(Cl)cc1. The third kappa shape index (κ3) is 4.95. The van der Waals surface area contributed by atoms with Gasteiger partial charge in [0.25, 0.3) is 0 Å². The summed E-state index contributed by atoms with van der Waals surface area (Å²) in [5.74, 6) is 0.858. The summed E-state index contributed by atoms with van der Waals surface area (Å²) >= 11 is 11.9. The standard InChI is InChI=1S/C24H19Cl2NO/c1-16-11-19(13-21(14-27)20-5-9-23(26)10-6-20)12-17(2)24(16)28-15-18-3-7-22(25)8-4-18/h3-13H,15H2,1-2H3/b21-13+. The van der Waals surface area contributed by atoms with Crippen LogP contribution < -0.4 is 4.74 Å². The van der Waals surface area contributed by atoms with Crippen LogP contribution in [0.3, 0.4) is 0 Å². The third-order valence-electron chi connectivity index (χ3n) is 4.37. The number of hydrogen-bond acceptors (Lipinski definition) is 2. The molecule has 3 aromatic rings. The highest BCUT2D eigenvalue weighted by Gasteiger charge is 2.08. The second kappa shape index (κ2) is 8.97. The molecule has 3 aromatic carbocycles. The van der Waals surface area contributed by atoms with Gasteiger partial charge in [-0.3, -0.25) is 0 Å². The first-order valence-corrected chi connectivity index (χ1v) is 9.58. The predicted molar refractivity (Wildman–Crippen MR) is 117 cm³/mol. The van der Waals surface area contributed by atoms with Crippen molar-refractivity contribution in [3.05, 3.63) is 98.5 Å². The second-order valence-electron chi connectivity index (χ2n) is 6.58. The lowest BCUT2D eigenvalue weighted by molar-refractivity contribution is 0.302. The summed E-state index contributed by atoms with van der Waals surface area (Å²) in [7, 11) is 0. The van der Waals surface area contributed by atoms with Gasteiger partial charge in [-0.1, -0.05) is 47.5 Å². The number of allylic oxidation sites excluding steroid dienone is 1. The van der Waals surface area contributed by atoms with Gasteiger partial charge < -0.3 is 4.74 Å². The first-order valence-electron chi connectivity index (χ1n) is 8.82. The quantitative estimate of drug-likeness (QED) is 0.329. The minimum atomic E-state index is 0.474. The van der Waals surface area contributed by atoms with Crippen LogP contribution in [0.25, 0.3) is 11.6 Å². The minimum absolute atomic E-state index is 0.474. The summed E-state index contributed by atoms with van der Waals surface area (Å²) < 4.78 is 6.03. The van der Waals surface area contributed by atoms with Crippen molar-refractivity contribution in [3.63, 3.8) is 0 Å². The van der Waals surface area contributed by atoms with Gasteiger partial charge in [-0.2, -0.15) is 5.26 Å². The van der Waals surface area contributed by atoms with Crippen LogP contribution in [0.5, 0.6) is 5.75 Å². The monoisotopic (exact) mass is 407 g/mol. The fourth-order valence-electron chi connectivity index (χ4n) is 3.01. The third-order valence-corrected chi connectivity index (χ3v) is 4.87. The van der Waals surface area contributed by atoms with E-state index in [1.54, 1.807) is 12.1 Å². The lowest BCUT2D eigenvalue weighted by Gasteiger charge is -2.13. The number of aryl methyl sites for hydroxylation is 2. The molecule has 3 rings (SSSR count). The number of ether oxygens (including phenoxy) is 1. The molecular formula is C24H19Cl2NO. The van der Waals surface area contributed by atoms with Crippen LogP contribution in [0.1, 0.15) is 27.8 Å². The zero-order valence-corrected chi connectivity index (χ0v) is 17.2. The van der Waals surface area contributed by atoms with E-state index in [2.05, 4.69) is 6.07 Å². The summed E-state index contributed by atoms with van der Waals surface area (Å²) in [5, 5.41) is 10.9. The van der Waals surface area contributed by atoms with Crippen LogP contribution in [0.2, 0.25) is 10.0 Å². The maximum absolute atomic E-state index is 9.55. The summed E-state index contributed by atoms with van der Waals surface area (Å²) in [6.07, 6.45) is 1.88. The van der Waals surface area contributed by atoms with Crippen molar-refractivity contribution in [2.45, 2.75) is 20.5 Å². The smallest absolute Gasteiger partial charge is 0.125 e. The molecule has 2 nitrogen and oxygen atoms in total. The Morgan fingerprint density at radius 1 is 0.929 bits per heavy atom. The molecule has 0 heterocycles. The zero-order valence-electron chi connectivity index (χ0n) is 15.7. The molecule has 0 bridgehead atoms. The topological polar surface area (TPSA) is 33.0 Å². The van der Waals surface area contributed by atoms with Gasteiger partial charge in [0.1, 0.15) is 12.4 Å². The Morgan fingerprint density at radius 3 is 2.00 bits per heavy atom. The predicted octanol–water partition coefficient (Wildman–Crippen LogP) is 7.25. The summed E-state index contributed by atoms with van der Waals surface area (Å²) in [6.45, 7) is 4.49. The summed E-state index contributed by atoms with van der Waals surface area (Å²) in [4.78, 5) is 0. The van der Waals surface area contributed by atoms with E-state index in [9.17, 15) is 5.26 Å². The summed E-state index contributed by atoms with van der Waals surface area (Å²) in [5.41, 5.74) is 5.49. The van der Waals surface area contributed by atoms with E-state index in [0.29, 0.717) is 22.2 Å². The molecule has 0 saturated carbocycles. The molecule has 0 spiro atoms. The number of rotatable bonds is 5. The zero-order chi connectivity index (χ0) is 20.1. The Morgan fingerprint density at radius 2 is 1.46 bits per heavy atom. The van der Waals surface area contributed by atoms with Crippen molar-refractivity contribution in [2.75, 3.05) is 0 Å². The van der Waals surface area contributed by atoms with Crippen molar-refractivity contribution < 1.29 is 4.74 Å². The Hall–Kier alpha value is -2.73. The van der Waals surface area contributed by atoms with Crippen molar-refractivity contribution in [1.29, 1.82) is 5.26 Å². The number of halogens is 2. The van der Waals surface area contributed by atoms with Crippen LogP contribution in [-0.2, 0) is 6.61 Å². The number of benzene rings is 3. The van der Waals surface area contributed by atoms with E-state index >= 15 is 0 Å². The van der Waals surface area contributed by atoms with Gasteiger partial charge in [0, 0.05) is 10.0 Å². The molecule has 0 N–H and O–H groups in total. The first-order chi connectivity index (χ1) is 13.5. The average Bonchev–Trinajstić information content (AvgIpc) is 2.67. The molecule has 0 atom stereocenters. The lowest BCUT2D eigenvalue weighted by atomic mass is 10.0. The minimum Gasteiger partial charge on any atom is -0.488 e. The highest BCUT2D eigenvalue weighted by Crippen LogP contribution is 2.28. The van der Waals surface area contributed by atoms with E-state index in [1.165, 1.54) is 0 Å².